The van der Waals surface area contributed by atoms with Crippen LogP contribution in [0.3, 0.4) is 0 Å². The zero-order valence-corrected chi connectivity index (χ0v) is 14.4. The molecule has 2 aromatic heterocycles. The van der Waals surface area contributed by atoms with Crippen molar-refractivity contribution in [3.63, 3.8) is 0 Å². The number of hydrogen-bond donors (Lipinski definition) is 0. The summed E-state index contributed by atoms with van der Waals surface area (Å²) < 4.78 is 7.30. The average molecular weight is 329 g/mol. The van der Waals surface area contributed by atoms with Gasteiger partial charge in [-0.15, -0.1) is 0 Å². The molecule has 0 bridgehead atoms. The molecule has 3 rings (SSSR count). The van der Waals surface area contributed by atoms with Crippen molar-refractivity contribution in [2.45, 2.75) is 45.6 Å². The number of ketones is 1. The molecule has 0 spiro atoms. The van der Waals surface area contributed by atoms with E-state index in [0.717, 1.165) is 30.6 Å². The fraction of sp³-hybridized carbons (Fsp3) is 0.500. The molecule has 128 valence electrons. The third-order valence-electron chi connectivity index (χ3n) is 4.60. The van der Waals surface area contributed by atoms with Crippen LogP contribution in [0.4, 0.5) is 0 Å². The van der Waals surface area contributed by atoms with Gasteiger partial charge in [0.1, 0.15) is 5.76 Å². The first-order valence-corrected chi connectivity index (χ1v) is 8.41. The zero-order chi connectivity index (χ0) is 17.3. The second-order valence-corrected chi connectivity index (χ2v) is 6.40. The molecule has 1 saturated heterocycles. The molecular formula is C18H23N3O3. The van der Waals surface area contributed by atoms with E-state index in [4.69, 9.17) is 4.42 Å². The van der Waals surface area contributed by atoms with E-state index in [-0.39, 0.29) is 17.7 Å². The molecule has 1 amide bonds. The van der Waals surface area contributed by atoms with Gasteiger partial charge in [0.15, 0.2) is 11.5 Å². The predicted octanol–water partition coefficient (Wildman–Crippen LogP) is 2.76. The number of aromatic nitrogens is 2. The molecule has 6 nitrogen and oxygen atoms in total. The van der Waals surface area contributed by atoms with Crippen LogP contribution in [-0.2, 0) is 13.5 Å². The second-order valence-electron chi connectivity index (χ2n) is 6.40. The Morgan fingerprint density at radius 2 is 2.21 bits per heavy atom. The van der Waals surface area contributed by atoms with Crippen LogP contribution >= 0.6 is 0 Å². The van der Waals surface area contributed by atoms with Crippen LogP contribution in [0.5, 0.6) is 0 Å². The van der Waals surface area contributed by atoms with Crippen molar-refractivity contribution in [2.75, 3.05) is 6.54 Å². The van der Waals surface area contributed by atoms with Crippen LogP contribution in [0, 0.1) is 6.92 Å². The number of Topliss-reactive ketones (excluding diaryl/α,β-unsaturated/α-hetero) is 1. The van der Waals surface area contributed by atoms with E-state index in [0.29, 0.717) is 24.3 Å². The molecule has 1 unspecified atom stereocenters. The highest BCUT2D eigenvalue weighted by atomic mass is 16.4. The van der Waals surface area contributed by atoms with E-state index < -0.39 is 0 Å². The van der Waals surface area contributed by atoms with E-state index in [2.05, 4.69) is 5.10 Å². The Balaban J connectivity index is 1.74. The van der Waals surface area contributed by atoms with Crippen LogP contribution in [0.1, 0.15) is 58.4 Å². The molecule has 0 radical (unpaired) electrons. The largest absolute Gasteiger partial charge is 0.456 e. The van der Waals surface area contributed by atoms with Crippen LogP contribution in [0.25, 0.3) is 0 Å². The topological polar surface area (TPSA) is 68.3 Å². The highest BCUT2D eigenvalue weighted by molar-refractivity contribution is 5.97. The second kappa shape index (κ2) is 6.63. The van der Waals surface area contributed by atoms with Gasteiger partial charge in [-0.3, -0.25) is 14.3 Å². The summed E-state index contributed by atoms with van der Waals surface area (Å²) in [5.41, 5.74) is 1.46. The Labute approximate surface area is 141 Å². The van der Waals surface area contributed by atoms with Gasteiger partial charge in [0.25, 0.3) is 5.91 Å². The zero-order valence-electron chi connectivity index (χ0n) is 14.4. The summed E-state index contributed by atoms with van der Waals surface area (Å²) in [5.74, 6) is 1.15. The van der Waals surface area contributed by atoms with Gasteiger partial charge < -0.3 is 9.32 Å². The van der Waals surface area contributed by atoms with Crippen molar-refractivity contribution in [1.29, 1.82) is 0 Å². The third-order valence-corrected chi connectivity index (χ3v) is 4.60. The number of carbonyl (C=O) groups excluding carboxylic acids is 2. The first-order valence-electron chi connectivity index (χ1n) is 8.41. The highest BCUT2D eigenvalue weighted by Crippen LogP contribution is 2.26. The molecule has 3 heterocycles. The van der Waals surface area contributed by atoms with E-state index in [9.17, 15) is 9.59 Å². The van der Waals surface area contributed by atoms with Gasteiger partial charge >= 0.3 is 0 Å². The summed E-state index contributed by atoms with van der Waals surface area (Å²) in [7, 11) is 1.78. The Hall–Kier alpha value is -2.37. The van der Waals surface area contributed by atoms with Crippen LogP contribution < -0.4 is 0 Å². The minimum absolute atomic E-state index is 0.0261. The fourth-order valence-corrected chi connectivity index (χ4v) is 3.28. The number of furan rings is 1. The van der Waals surface area contributed by atoms with E-state index in [1.54, 1.807) is 29.0 Å². The van der Waals surface area contributed by atoms with Gasteiger partial charge in [-0.2, -0.15) is 5.10 Å². The minimum atomic E-state index is -0.103. The summed E-state index contributed by atoms with van der Waals surface area (Å²) in [6, 6.07) is 1.85. The van der Waals surface area contributed by atoms with Crippen molar-refractivity contribution in [2.24, 2.45) is 7.05 Å². The van der Waals surface area contributed by atoms with Crippen LogP contribution in [0.15, 0.2) is 22.9 Å². The Morgan fingerprint density at radius 1 is 1.42 bits per heavy atom. The van der Waals surface area contributed by atoms with Gasteiger partial charge in [0.2, 0.25) is 0 Å². The lowest BCUT2D eigenvalue weighted by molar-refractivity contribution is 0.0684. The SMILES string of the molecule is CCc1cc(C)c(C(=O)N2CCCC2CC(=O)c2cnn(C)c2)o1. The average Bonchev–Trinajstić information content (AvgIpc) is 3.26. The lowest BCUT2D eigenvalue weighted by Crippen LogP contribution is -2.37. The maximum absolute atomic E-state index is 12.8. The number of likely N-dealkylation sites (tertiary alicyclic amines) is 1. The van der Waals surface area contributed by atoms with Crippen LogP contribution in [-0.4, -0.2) is 39.0 Å². The Bertz CT molecular complexity index is 759. The van der Waals surface area contributed by atoms with E-state index in [1.165, 1.54) is 0 Å². The smallest absolute Gasteiger partial charge is 0.290 e. The van der Waals surface area contributed by atoms with Crippen molar-refractivity contribution >= 4 is 11.7 Å². The maximum atomic E-state index is 12.8. The Kier molecular flexibility index (Phi) is 4.55. The number of rotatable bonds is 5. The summed E-state index contributed by atoms with van der Waals surface area (Å²) in [6.07, 6.45) is 6.14. The molecule has 1 aliphatic rings. The molecule has 24 heavy (non-hydrogen) atoms. The van der Waals surface area contributed by atoms with E-state index in [1.807, 2.05) is 19.9 Å². The first kappa shape index (κ1) is 16.5. The van der Waals surface area contributed by atoms with Crippen molar-refractivity contribution in [3.05, 3.63) is 41.1 Å². The van der Waals surface area contributed by atoms with Crippen LogP contribution in [0.2, 0.25) is 0 Å². The monoisotopic (exact) mass is 329 g/mol. The standard InChI is InChI=1S/C18H23N3O3/c1-4-15-8-12(2)17(24-15)18(23)21-7-5-6-14(21)9-16(22)13-10-19-20(3)11-13/h8,10-11,14H,4-7,9H2,1-3H3. The molecule has 2 aromatic rings. The molecular weight excluding hydrogens is 306 g/mol. The van der Waals surface area contributed by atoms with Gasteiger partial charge in [0, 0.05) is 44.2 Å². The molecule has 6 heteroatoms. The summed E-state index contributed by atoms with van der Waals surface area (Å²) >= 11 is 0. The minimum Gasteiger partial charge on any atom is -0.456 e. The quantitative estimate of drug-likeness (QED) is 0.791. The first-order chi connectivity index (χ1) is 11.5. The molecule has 0 aromatic carbocycles. The molecule has 1 fully saturated rings. The molecule has 0 saturated carbocycles. The van der Waals surface area contributed by atoms with Gasteiger partial charge in [-0.25, -0.2) is 0 Å². The van der Waals surface area contributed by atoms with E-state index >= 15 is 0 Å². The van der Waals surface area contributed by atoms with Gasteiger partial charge in [-0.1, -0.05) is 6.92 Å². The summed E-state index contributed by atoms with van der Waals surface area (Å²) in [6.45, 7) is 4.56. The van der Waals surface area contributed by atoms with Gasteiger partial charge in [-0.05, 0) is 25.8 Å². The van der Waals surface area contributed by atoms with Crippen molar-refractivity contribution in [1.82, 2.24) is 14.7 Å². The van der Waals surface area contributed by atoms with Gasteiger partial charge in [0.05, 0.1) is 11.8 Å². The number of carbonyl (C=O) groups is 2. The fourth-order valence-electron chi connectivity index (χ4n) is 3.28. The lowest BCUT2D eigenvalue weighted by Gasteiger charge is -2.23. The molecule has 1 atom stereocenters. The number of amides is 1. The maximum Gasteiger partial charge on any atom is 0.290 e. The number of aryl methyl sites for hydroxylation is 3. The normalized spacial score (nSPS) is 17.5. The molecule has 1 aliphatic heterocycles. The highest BCUT2D eigenvalue weighted by Gasteiger charge is 2.33. The van der Waals surface area contributed by atoms with Crippen molar-refractivity contribution in [3.8, 4) is 0 Å². The molecule has 0 aliphatic carbocycles. The summed E-state index contributed by atoms with van der Waals surface area (Å²) in [5, 5.41) is 4.04. The van der Waals surface area contributed by atoms with Crippen molar-refractivity contribution < 1.29 is 14.0 Å². The number of hydrogen-bond acceptors (Lipinski definition) is 4. The third kappa shape index (κ3) is 3.13. The number of nitrogens with zero attached hydrogens (tertiary/aromatic N) is 3. The lowest BCUT2D eigenvalue weighted by atomic mass is 10.0. The summed E-state index contributed by atoms with van der Waals surface area (Å²) in [4.78, 5) is 27.0. The Morgan fingerprint density at radius 3 is 2.83 bits per heavy atom. The predicted molar refractivity (Wildman–Crippen MR) is 89.0 cm³/mol. The molecule has 0 N–H and O–H groups in total.